The minimum atomic E-state index is 0. The molecule has 6 nitrogen and oxygen atoms in total. The first-order chi connectivity index (χ1) is 13.1. The quantitative estimate of drug-likeness (QED) is 0.604. The molecule has 0 amide bonds. The number of thiophene rings is 1. The summed E-state index contributed by atoms with van der Waals surface area (Å²) in [7, 11) is 4.09. The molecule has 0 radical (unpaired) electrons. The summed E-state index contributed by atoms with van der Waals surface area (Å²) in [5.41, 5.74) is 1.10. The van der Waals surface area contributed by atoms with Gasteiger partial charge in [0.05, 0.1) is 10.6 Å². The topological polar surface area (TPSA) is 62.3 Å². The summed E-state index contributed by atoms with van der Waals surface area (Å²) in [6.45, 7) is 10.6. The van der Waals surface area contributed by atoms with Gasteiger partial charge in [0.25, 0.3) is 0 Å². The fourth-order valence-corrected chi connectivity index (χ4v) is 4.89. The highest BCUT2D eigenvalue weighted by Gasteiger charge is 2.37. The lowest BCUT2D eigenvalue weighted by molar-refractivity contribution is 0.170. The van der Waals surface area contributed by atoms with Crippen LogP contribution in [0.1, 0.15) is 40.5 Å². The van der Waals surface area contributed by atoms with Crippen molar-refractivity contribution in [1.82, 2.24) is 20.2 Å². The fourth-order valence-electron chi connectivity index (χ4n) is 4.04. The van der Waals surface area contributed by atoms with E-state index in [9.17, 15) is 0 Å². The largest absolute Gasteiger partial charge is 0.483 e. The normalized spacial score (nSPS) is 17.7. The molecule has 0 unspecified atom stereocenters. The molecule has 0 aromatic carbocycles. The summed E-state index contributed by atoms with van der Waals surface area (Å²) in [4.78, 5) is 12.4. The number of rotatable bonds is 7. The van der Waals surface area contributed by atoms with Crippen LogP contribution in [-0.2, 0) is 0 Å². The van der Waals surface area contributed by atoms with Crippen LogP contribution in [0.2, 0.25) is 0 Å². The van der Waals surface area contributed by atoms with Gasteiger partial charge in [-0.2, -0.15) is 0 Å². The molecule has 3 rings (SSSR count). The van der Waals surface area contributed by atoms with Gasteiger partial charge in [-0.05, 0) is 72.8 Å². The van der Waals surface area contributed by atoms with Crippen LogP contribution in [0.5, 0.6) is 5.06 Å². The number of nitrogens with zero attached hydrogens (tertiary/aromatic N) is 3. The number of anilines is 1. The van der Waals surface area contributed by atoms with E-state index in [1.165, 1.54) is 0 Å². The Balaban J connectivity index is 0.00000225. The van der Waals surface area contributed by atoms with Gasteiger partial charge in [0.2, 0.25) is 5.95 Å². The molecule has 1 aliphatic heterocycles. The molecule has 3 heterocycles. The average Bonchev–Trinajstić information content (AvgIpc) is 3.00. The van der Waals surface area contributed by atoms with E-state index in [0.717, 1.165) is 35.0 Å². The molecular weight excluding hydrogens is 441 g/mol. The maximum atomic E-state index is 5.83. The second-order valence-electron chi connectivity index (χ2n) is 9.18. The molecule has 0 spiro atoms. The fraction of sp³-hybridized carbons (Fsp3) is 0.619. The van der Waals surface area contributed by atoms with E-state index < -0.39 is 0 Å². The van der Waals surface area contributed by atoms with Crippen LogP contribution in [0.4, 0.5) is 5.95 Å². The SMILES string of the molecule is CN(C)CCOc1ccc(-c2ccnc(NC3CC(C)(C)NC(C)(C)C3)n2)s1.Cl.Cl. The summed E-state index contributed by atoms with van der Waals surface area (Å²) in [5.74, 6) is 0.694. The number of hydrogen-bond acceptors (Lipinski definition) is 7. The maximum absolute atomic E-state index is 5.83. The van der Waals surface area contributed by atoms with E-state index in [4.69, 9.17) is 9.72 Å². The van der Waals surface area contributed by atoms with Crippen LogP contribution in [0, 0.1) is 0 Å². The van der Waals surface area contributed by atoms with Crippen molar-refractivity contribution in [2.24, 2.45) is 0 Å². The van der Waals surface area contributed by atoms with Crippen molar-refractivity contribution in [3.05, 3.63) is 24.4 Å². The predicted molar refractivity (Wildman–Crippen MR) is 132 cm³/mol. The van der Waals surface area contributed by atoms with E-state index >= 15 is 0 Å². The highest BCUT2D eigenvalue weighted by molar-refractivity contribution is 7.17. The lowest BCUT2D eigenvalue weighted by atomic mass is 9.80. The van der Waals surface area contributed by atoms with Crippen LogP contribution in [0.15, 0.2) is 24.4 Å². The molecule has 0 aliphatic carbocycles. The van der Waals surface area contributed by atoms with E-state index in [0.29, 0.717) is 18.6 Å². The van der Waals surface area contributed by atoms with Crippen LogP contribution >= 0.6 is 36.2 Å². The summed E-state index contributed by atoms with van der Waals surface area (Å²) in [6, 6.07) is 6.38. The number of piperidine rings is 1. The number of hydrogen-bond donors (Lipinski definition) is 2. The second-order valence-corrected chi connectivity index (χ2v) is 10.2. The predicted octanol–water partition coefficient (Wildman–Crippen LogP) is 4.71. The van der Waals surface area contributed by atoms with Crippen LogP contribution in [0.25, 0.3) is 10.6 Å². The Kier molecular flexibility index (Phi) is 9.83. The molecular formula is C21H35Cl2N5OS. The van der Waals surface area contributed by atoms with E-state index in [1.54, 1.807) is 11.3 Å². The van der Waals surface area contributed by atoms with Gasteiger partial charge < -0.3 is 20.3 Å². The second kappa shape index (κ2) is 11.0. The molecule has 9 heteroatoms. The summed E-state index contributed by atoms with van der Waals surface area (Å²) in [6.07, 6.45) is 3.90. The number of ether oxygens (including phenoxy) is 1. The van der Waals surface area contributed by atoms with Gasteiger partial charge in [-0.3, -0.25) is 0 Å². The molecule has 0 saturated carbocycles. The van der Waals surface area contributed by atoms with Gasteiger partial charge in [-0.25, -0.2) is 9.97 Å². The van der Waals surface area contributed by atoms with Crippen LogP contribution in [0.3, 0.4) is 0 Å². The number of aromatic nitrogens is 2. The Bertz CT molecular complexity index is 781. The first kappa shape index (κ1) is 26.9. The van der Waals surface area contributed by atoms with Gasteiger partial charge in [0.15, 0.2) is 5.06 Å². The Morgan fingerprint density at radius 3 is 2.43 bits per heavy atom. The van der Waals surface area contributed by atoms with Crippen molar-refractivity contribution in [2.45, 2.75) is 57.7 Å². The first-order valence-corrected chi connectivity index (χ1v) is 10.7. The van der Waals surface area contributed by atoms with Crippen LogP contribution < -0.4 is 15.4 Å². The third-order valence-electron chi connectivity index (χ3n) is 4.80. The zero-order chi connectivity index (χ0) is 20.4. The Morgan fingerprint density at radius 2 is 1.80 bits per heavy atom. The van der Waals surface area contributed by atoms with Crippen molar-refractivity contribution in [2.75, 3.05) is 32.6 Å². The highest BCUT2D eigenvalue weighted by Crippen LogP contribution is 2.33. The highest BCUT2D eigenvalue weighted by atomic mass is 35.5. The molecule has 0 bridgehead atoms. The molecule has 0 atom stereocenters. The van der Waals surface area contributed by atoms with Gasteiger partial charge >= 0.3 is 0 Å². The monoisotopic (exact) mass is 475 g/mol. The molecule has 1 saturated heterocycles. The van der Waals surface area contributed by atoms with Crippen molar-refractivity contribution >= 4 is 42.1 Å². The third kappa shape index (κ3) is 7.85. The number of nitrogens with one attached hydrogen (secondary N) is 2. The molecule has 1 aliphatic rings. The first-order valence-electron chi connectivity index (χ1n) is 9.89. The van der Waals surface area contributed by atoms with Crippen molar-refractivity contribution in [1.29, 1.82) is 0 Å². The smallest absolute Gasteiger partial charge is 0.223 e. The standard InChI is InChI=1S/C21H33N5OS.2ClH/c1-20(2)13-15(14-21(3,4)25-20)23-19-22-10-9-16(24-19)17-7-8-18(28-17)27-12-11-26(5)6;;/h7-10,15,25H,11-14H2,1-6H3,(H,22,23,24);2*1H. The lowest BCUT2D eigenvalue weighted by Gasteiger charge is -2.46. The summed E-state index contributed by atoms with van der Waals surface area (Å²) < 4.78 is 5.83. The Hall–Kier alpha value is -1.12. The molecule has 1 fully saturated rings. The molecule has 2 N–H and O–H groups in total. The molecule has 2 aromatic rings. The van der Waals surface area contributed by atoms with Gasteiger partial charge in [-0.15, -0.1) is 24.8 Å². The van der Waals surface area contributed by atoms with E-state index in [2.05, 4.69) is 54.3 Å². The summed E-state index contributed by atoms with van der Waals surface area (Å²) >= 11 is 1.62. The van der Waals surface area contributed by atoms with Gasteiger partial charge in [0.1, 0.15) is 6.61 Å². The third-order valence-corrected chi connectivity index (χ3v) is 5.82. The van der Waals surface area contributed by atoms with E-state index in [1.807, 2.05) is 32.4 Å². The molecule has 30 heavy (non-hydrogen) atoms. The molecule has 2 aromatic heterocycles. The summed E-state index contributed by atoms with van der Waals surface area (Å²) in [5, 5.41) is 8.20. The Labute approximate surface area is 197 Å². The van der Waals surface area contributed by atoms with Crippen LogP contribution in [-0.4, -0.2) is 59.2 Å². The van der Waals surface area contributed by atoms with Gasteiger partial charge in [-0.1, -0.05) is 11.3 Å². The average molecular weight is 477 g/mol. The molecule has 170 valence electrons. The lowest BCUT2D eigenvalue weighted by Crippen LogP contribution is -2.60. The number of halogens is 2. The van der Waals surface area contributed by atoms with Crippen molar-refractivity contribution in [3.63, 3.8) is 0 Å². The maximum Gasteiger partial charge on any atom is 0.223 e. The van der Waals surface area contributed by atoms with E-state index in [-0.39, 0.29) is 35.9 Å². The zero-order valence-electron chi connectivity index (χ0n) is 18.7. The Morgan fingerprint density at radius 1 is 1.13 bits per heavy atom. The minimum Gasteiger partial charge on any atom is -0.483 e. The van der Waals surface area contributed by atoms with Gasteiger partial charge in [0, 0.05) is 29.9 Å². The zero-order valence-corrected chi connectivity index (χ0v) is 21.1. The number of likely N-dealkylation sites (N-methyl/N-ethyl adjacent to an activating group) is 1. The van der Waals surface area contributed by atoms with Crippen molar-refractivity contribution < 1.29 is 4.74 Å². The van der Waals surface area contributed by atoms with Crippen molar-refractivity contribution in [3.8, 4) is 15.6 Å². The minimum absolute atomic E-state index is 0.